The molecule has 5 rings (SSSR count). The van der Waals surface area contributed by atoms with Crippen molar-refractivity contribution in [3.8, 4) is 11.4 Å². The summed E-state index contributed by atoms with van der Waals surface area (Å²) < 4.78 is 3.43. The number of nitrogens with one attached hydrogen (secondary N) is 1. The van der Waals surface area contributed by atoms with Crippen LogP contribution >= 0.6 is 11.6 Å². The van der Waals surface area contributed by atoms with Gasteiger partial charge in [0.05, 0.1) is 23.6 Å². The number of benzene rings is 2. The standard InChI is InChI=1S/C24H22ClN9O/c1-16-22(17(2)33(28-16)14-18-8-10-20(25)11-9-18)26-24(35)21-12-13-32(29-21)15-34-30-23(27-31-34)19-6-4-3-5-7-19/h3-13H,14-15H2,1-2H3,(H,26,35). The second kappa shape index (κ2) is 9.51. The van der Waals surface area contributed by atoms with Gasteiger partial charge in [0, 0.05) is 16.8 Å². The Morgan fingerprint density at radius 3 is 2.51 bits per heavy atom. The van der Waals surface area contributed by atoms with Gasteiger partial charge < -0.3 is 5.32 Å². The third kappa shape index (κ3) is 4.97. The van der Waals surface area contributed by atoms with E-state index in [4.69, 9.17) is 11.6 Å². The first-order chi connectivity index (χ1) is 17.0. The van der Waals surface area contributed by atoms with E-state index in [2.05, 4.69) is 30.9 Å². The molecule has 1 N–H and O–H groups in total. The Balaban J connectivity index is 1.26. The number of carbonyl (C=O) groups is 1. The Bertz CT molecular complexity index is 1470. The summed E-state index contributed by atoms with van der Waals surface area (Å²) in [5.74, 6) is 0.204. The van der Waals surface area contributed by atoms with E-state index >= 15 is 0 Å². The van der Waals surface area contributed by atoms with Crippen LogP contribution in [-0.2, 0) is 13.2 Å². The highest BCUT2D eigenvalue weighted by Gasteiger charge is 2.17. The molecule has 0 unspecified atom stereocenters. The van der Waals surface area contributed by atoms with E-state index in [0.29, 0.717) is 23.1 Å². The van der Waals surface area contributed by atoms with E-state index in [1.807, 2.05) is 73.1 Å². The maximum atomic E-state index is 12.9. The largest absolute Gasteiger partial charge is 0.317 e. The van der Waals surface area contributed by atoms with Crippen molar-refractivity contribution in [3.63, 3.8) is 0 Å². The molecule has 0 atom stereocenters. The molecule has 2 aromatic carbocycles. The number of anilines is 1. The number of tetrazole rings is 1. The normalized spacial score (nSPS) is 11.1. The minimum Gasteiger partial charge on any atom is -0.317 e. The summed E-state index contributed by atoms with van der Waals surface area (Å²) in [6.45, 7) is 4.58. The van der Waals surface area contributed by atoms with Crippen LogP contribution in [0.5, 0.6) is 0 Å². The smallest absolute Gasteiger partial charge is 0.276 e. The lowest BCUT2D eigenvalue weighted by Gasteiger charge is -2.07. The number of rotatable bonds is 7. The number of nitrogens with zero attached hydrogens (tertiary/aromatic N) is 8. The quantitative estimate of drug-likeness (QED) is 0.374. The average molecular weight is 488 g/mol. The topological polar surface area (TPSA) is 108 Å². The number of aryl methyl sites for hydroxylation is 1. The Morgan fingerprint density at radius 2 is 1.74 bits per heavy atom. The first-order valence-electron chi connectivity index (χ1n) is 10.9. The maximum Gasteiger partial charge on any atom is 0.276 e. The van der Waals surface area contributed by atoms with E-state index in [1.54, 1.807) is 16.9 Å². The number of aromatic nitrogens is 8. The molecule has 3 heterocycles. The monoisotopic (exact) mass is 487 g/mol. The molecule has 3 aromatic heterocycles. The zero-order chi connectivity index (χ0) is 24.4. The van der Waals surface area contributed by atoms with Gasteiger partial charge in [0.15, 0.2) is 12.4 Å². The van der Waals surface area contributed by atoms with Crippen molar-refractivity contribution in [2.45, 2.75) is 27.1 Å². The molecule has 0 spiro atoms. The molecule has 0 aliphatic rings. The van der Waals surface area contributed by atoms with Gasteiger partial charge in [-0.25, -0.2) is 4.68 Å². The fraction of sp³-hybridized carbons (Fsp3) is 0.167. The number of carbonyl (C=O) groups excluding carboxylic acids is 1. The molecule has 0 bridgehead atoms. The number of hydrogen-bond donors (Lipinski definition) is 1. The summed E-state index contributed by atoms with van der Waals surface area (Å²) in [7, 11) is 0. The highest BCUT2D eigenvalue weighted by atomic mass is 35.5. The van der Waals surface area contributed by atoms with Crippen LogP contribution in [0.3, 0.4) is 0 Å². The van der Waals surface area contributed by atoms with Crippen LogP contribution in [0.1, 0.15) is 27.4 Å². The Morgan fingerprint density at radius 1 is 0.971 bits per heavy atom. The van der Waals surface area contributed by atoms with Gasteiger partial charge in [-0.3, -0.25) is 9.48 Å². The third-order valence-electron chi connectivity index (χ3n) is 5.50. The molecule has 0 aliphatic heterocycles. The minimum atomic E-state index is -0.322. The van der Waals surface area contributed by atoms with Gasteiger partial charge >= 0.3 is 0 Å². The van der Waals surface area contributed by atoms with Crippen molar-refractivity contribution in [1.82, 2.24) is 39.8 Å². The summed E-state index contributed by atoms with van der Waals surface area (Å²) in [5, 5.41) is 25.1. The molecule has 0 fully saturated rings. The van der Waals surface area contributed by atoms with Crippen LogP contribution in [0.15, 0.2) is 66.9 Å². The summed E-state index contributed by atoms with van der Waals surface area (Å²) in [6.07, 6.45) is 1.70. The molecule has 5 aromatic rings. The summed E-state index contributed by atoms with van der Waals surface area (Å²) in [4.78, 5) is 14.3. The average Bonchev–Trinajstić information content (AvgIpc) is 3.58. The molecular weight excluding hydrogens is 466 g/mol. The second-order valence-corrected chi connectivity index (χ2v) is 8.45. The van der Waals surface area contributed by atoms with Gasteiger partial charge in [-0.15, -0.1) is 15.0 Å². The summed E-state index contributed by atoms with van der Waals surface area (Å²) in [6, 6.07) is 18.8. The van der Waals surface area contributed by atoms with Gasteiger partial charge in [-0.05, 0) is 42.8 Å². The lowest BCUT2D eigenvalue weighted by molar-refractivity contribution is 0.102. The first kappa shape index (κ1) is 22.5. The van der Waals surface area contributed by atoms with Gasteiger partial charge in [-0.2, -0.15) is 10.2 Å². The molecule has 176 valence electrons. The lowest BCUT2D eigenvalue weighted by Crippen LogP contribution is -2.16. The number of hydrogen-bond acceptors (Lipinski definition) is 6. The van der Waals surface area contributed by atoms with E-state index in [9.17, 15) is 4.79 Å². The van der Waals surface area contributed by atoms with Gasteiger partial charge in [0.25, 0.3) is 5.91 Å². The maximum absolute atomic E-state index is 12.9. The van der Waals surface area contributed by atoms with E-state index < -0.39 is 0 Å². The van der Waals surface area contributed by atoms with Crippen LogP contribution < -0.4 is 5.32 Å². The van der Waals surface area contributed by atoms with Crippen molar-refractivity contribution in [3.05, 3.63) is 94.5 Å². The van der Waals surface area contributed by atoms with Crippen molar-refractivity contribution in [1.29, 1.82) is 0 Å². The van der Waals surface area contributed by atoms with Crippen LogP contribution in [-0.4, -0.2) is 45.7 Å². The SMILES string of the molecule is Cc1nn(Cc2ccc(Cl)cc2)c(C)c1NC(=O)c1ccn(Cn2nnc(-c3ccccc3)n2)n1. The molecule has 11 heteroatoms. The Hall–Kier alpha value is -4.31. The van der Waals surface area contributed by atoms with Gasteiger partial charge in [-0.1, -0.05) is 54.1 Å². The molecule has 10 nitrogen and oxygen atoms in total. The predicted molar refractivity (Wildman–Crippen MR) is 131 cm³/mol. The van der Waals surface area contributed by atoms with Crippen LogP contribution in [0.4, 0.5) is 5.69 Å². The summed E-state index contributed by atoms with van der Waals surface area (Å²) >= 11 is 5.98. The minimum absolute atomic E-state index is 0.226. The number of amides is 1. The van der Waals surface area contributed by atoms with Crippen molar-refractivity contribution >= 4 is 23.2 Å². The highest BCUT2D eigenvalue weighted by Crippen LogP contribution is 2.22. The van der Waals surface area contributed by atoms with Gasteiger partial charge in [0.2, 0.25) is 5.82 Å². The molecule has 0 aliphatic carbocycles. The molecule has 0 radical (unpaired) electrons. The number of halogens is 1. The fourth-order valence-corrected chi connectivity index (χ4v) is 3.80. The molecule has 35 heavy (non-hydrogen) atoms. The van der Waals surface area contributed by atoms with Crippen LogP contribution in [0.25, 0.3) is 11.4 Å². The lowest BCUT2D eigenvalue weighted by atomic mass is 10.2. The van der Waals surface area contributed by atoms with Gasteiger partial charge in [0.1, 0.15) is 0 Å². The predicted octanol–water partition coefficient (Wildman–Crippen LogP) is 3.81. The van der Waals surface area contributed by atoms with Crippen molar-refractivity contribution in [2.75, 3.05) is 5.32 Å². The third-order valence-corrected chi connectivity index (χ3v) is 5.75. The van der Waals surface area contributed by atoms with Crippen LogP contribution in [0, 0.1) is 13.8 Å². The van der Waals surface area contributed by atoms with E-state index in [0.717, 1.165) is 22.5 Å². The van der Waals surface area contributed by atoms with Crippen molar-refractivity contribution in [2.24, 2.45) is 0 Å². The van der Waals surface area contributed by atoms with Crippen molar-refractivity contribution < 1.29 is 4.79 Å². The summed E-state index contributed by atoms with van der Waals surface area (Å²) in [5.41, 5.74) is 4.46. The molecule has 0 saturated heterocycles. The first-order valence-corrected chi connectivity index (χ1v) is 11.3. The Kier molecular flexibility index (Phi) is 6.11. The zero-order valence-electron chi connectivity index (χ0n) is 19.1. The van der Waals surface area contributed by atoms with E-state index in [1.165, 1.54) is 4.80 Å². The van der Waals surface area contributed by atoms with E-state index in [-0.39, 0.29) is 18.3 Å². The highest BCUT2D eigenvalue weighted by molar-refractivity contribution is 6.30. The fourth-order valence-electron chi connectivity index (χ4n) is 3.67. The Labute approximate surface area is 206 Å². The van der Waals surface area contributed by atoms with Crippen LogP contribution in [0.2, 0.25) is 5.02 Å². The zero-order valence-corrected chi connectivity index (χ0v) is 19.9. The second-order valence-electron chi connectivity index (χ2n) is 8.02. The molecular formula is C24H22ClN9O. The molecule has 1 amide bonds. The molecule has 0 saturated carbocycles.